The molecule has 2 rings (SSSR count). The van der Waals surface area contributed by atoms with Crippen molar-refractivity contribution in [3.63, 3.8) is 0 Å². The zero-order valence-electron chi connectivity index (χ0n) is 12.7. The van der Waals surface area contributed by atoms with Gasteiger partial charge in [-0.3, -0.25) is 9.59 Å². The normalized spacial score (nSPS) is 15.8. The molecule has 0 spiro atoms. The Morgan fingerprint density at radius 1 is 1.14 bits per heavy atom. The van der Waals surface area contributed by atoms with Gasteiger partial charge in [0, 0.05) is 32.6 Å². The molecule has 21 heavy (non-hydrogen) atoms. The number of hydrogen-bond donors (Lipinski definition) is 0. The van der Waals surface area contributed by atoms with E-state index in [2.05, 4.69) is 4.90 Å². The summed E-state index contributed by atoms with van der Waals surface area (Å²) in [6, 6.07) is 7.09. The fourth-order valence-corrected chi connectivity index (χ4v) is 2.30. The van der Waals surface area contributed by atoms with Crippen LogP contribution in [0.2, 0.25) is 0 Å². The lowest BCUT2D eigenvalue weighted by atomic mass is 10.1. The quantitative estimate of drug-likeness (QED) is 0.770. The van der Waals surface area contributed by atoms with Crippen LogP contribution in [0.3, 0.4) is 0 Å². The number of ether oxygens (including phenoxy) is 1. The van der Waals surface area contributed by atoms with Crippen LogP contribution in [0.5, 0.6) is 5.75 Å². The Kier molecular flexibility index (Phi) is 5.33. The maximum atomic E-state index is 12.1. The van der Waals surface area contributed by atoms with E-state index in [0.29, 0.717) is 17.7 Å². The van der Waals surface area contributed by atoms with Gasteiger partial charge < -0.3 is 14.5 Å². The van der Waals surface area contributed by atoms with Crippen molar-refractivity contribution in [3.8, 4) is 5.75 Å². The van der Waals surface area contributed by atoms with E-state index in [4.69, 9.17) is 4.74 Å². The first kappa shape index (κ1) is 15.5. The van der Waals surface area contributed by atoms with Crippen LogP contribution in [0.1, 0.15) is 23.7 Å². The van der Waals surface area contributed by atoms with Crippen LogP contribution in [0.25, 0.3) is 0 Å². The number of Topliss-reactive ketones (excluding diaryl/α,β-unsaturated/α-hetero) is 1. The van der Waals surface area contributed by atoms with Crippen LogP contribution in [0.4, 0.5) is 0 Å². The highest BCUT2D eigenvalue weighted by Gasteiger charge is 2.20. The molecule has 0 bridgehead atoms. The summed E-state index contributed by atoms with van der Waals surface area (Å²) < 4.78 is 5.58. The molecule has 1 aromatic rings. The molecular formula is C16H22N2O3. The zero-order valence-corrected chi connectivity index (χ0v) is 12.7. The zero-order chi connectivity index (χ0) is 15.2. The molecule has 0 atom stereocenters. The molecule has 0 unspecified atom stereocenters. The highest BCUT2D eigenvalue weighted by atomic mass is 16.5. The van der Waals surface area contributed by atoms with Crippen LogP contribution in [0, 0.1) is 0 Å². The number of rotatable bonds is 5. The van der Waals surface area contributed by atoms with Gasteiger partial charge in [-0.15, -0.1) is 0 Å². The number of carbonyl (C=O) groups excluding carboxylic acids is 2. The Balaban J connectivity index is 1.94. The summed E-state index contributed by atoms with van der Waals surface area (Å²) in [5.74, 6) is 0.492. The summed E-state index contributed by atoms with van der Waals surface area (Å²) in [6.07, 6.45) is 0.423. The topological polar surface area (TPSA) is 49.9 Å². The van der Waals surface area contributed by atoms with Crippen LogP contribution < -0.4 is 4.74 Å². The number of amides is 1. The highest BCUT2D eigenvalue weighted by Crippen LogP contribution is 2.19. The van der Waals surface area contributed by atoms with E-state index in [1.54, 1.807) is 18.2 Å². The summed E-state index contributed by atoms with van der Waals surface area (Å²) in [4.78, 5) is 28.0. The second-order valence-corrected chi connectivity index (χ2v) is 5.25. The summed E-state index contributed by atoms with van der Waals surface area (Å²) in [5.41, 5.74) is 0.547. The first-order valence-electron chi connectivity index (χ1n) is 7.33. The third-order valence-electron chi connectivity index (χ3n) is 3.72. The van der Waals surface area contributed by atoms with Gasteiger partial charge in [0.05, 0.1) is 5.56 Å². The lowest BCUT2D eigenvalue weighted by molar-refractivity contribution is -0.134. The molecule has 1 aromatic carbocycles. The number of nitrogens with zero attached hydrogens (tertiary/aromatic N) is 2. The van der Waals surface area contributed by atoms with Gasteiger partial charge in [0.2, 0.25) is 0 Å². The molecule has 0 N–H and O–H groups in total. The Bertz CT molecular complexity index is 508. The molecule has 0 aromatic heterocycles. The minimum absolute atomic E-state index is 0.0161. The van der Waals surface area contributed by atoms with Gasteiger partial charge in [0.1, 0.15) is 5.75 Å². The van der Waals surface area contributed by atoms with Crippen molar-refractivity contribution in [2.75, 3.05) is 39.8 Å². The maximum absolute atomic E-state index is 12.1. The predicted octanol–water partition coefficient (Wildman–Crippen LogP) is 1.43. The Hall–Kier alpha value is -1.88. The Morgan fingerprint density at radius 2 is 1.81 bits per heavy atom. The molecule has 0 radical (unpaired) electrons. The minimum Gasteiger partial charge on any atom is -0.483 e. The molecule has 5 heteroatoms. The highest BCUT2D eigenvalue weighted by molar-refractivity contribution is 5.98. The van der Waals surface area contributed by atoms with E-state index in [1.165, 1.54) is 0 Å². The molecule has 5 nitrogen and oxygen atoms in total. The number of likely N-dealkylation sites (N-methyl/N-ethyl adjacent to an activating group) is 1. The van der Waals surface area contributed by atoms with Gasteiger partial charge >= 0.3 is 0 Å². The summed E-state index contributed by atoms with van der Waals surface area (Å²) in [6.45, 7) is 5.03. The van der Waals surface area contributed by atoms with Crippen molar-refractivity contribution >= 4 is 11.7 Å². The fraction of sp³-hybridized carbons (Fsp3) is 0.500. The van der Waals surface area contributed by atoms with Crippen molar-refractivity contribution in [3.05, 3.63) is 29.8 Å². The molecule has 1 heterocycles. The van der Waals surface area contributed by atoms with Gasteiger partial charge in [-0.2, -0.15) is 0 Å². The summed E-state index contributed by atoms with van der Waals surface area (Å²) in [5, 5.41) is 0. The van der Waals surface area contributed by atoms with Crippen molar-refractivity contribution in [2.45, 2.75) is 13.3 Å². The number of carbonyl (C=O) groups is 2. The van der Waals surface area contributed by atoms with E-state index in [1.807, 2.05) is 24.9 Å². The summed E-state index contributed by atoms with van der Waals surface area (Å²) in [7, 11) is 2.05. The lowest BCUT2D eigenvalue weighted by Crippen LogP contribution is -2.48. The smallest absolute Gasteiger partial charge is 0.260 e. The van der Waals surface area contributed by atoms with Gasteiger partial charge in [-0.25, -0.2) is 0 Å². The number of para-hydroxylation sites is 1. The molecule has 1 saturated heterocycles. The number of hydrogen-bond acceptors (Lipinski definition) is 4. The molecule has 0 aliphatic carbocycles. The molecule has 1 amide bonds. The average Bonchev–Trinajstić information content (AvgIpc) is 2.52. The predicted molar refractivity (Wildman–Crippen MR) is 80.6 cm³/mol. The SMILES string of the molecule is CCC(=O)c1ccccc1OCC(=O)N1CCN(C)CC1. The van der Waals surface area contributed by atoms with E-state index >= 15 is 0 Å². The molecule has 1 aliphatic heterocycles. The molecule has 1 aliphatic rings. The maximum Gasteiger partial charge on any atom is 0.260 e. The number of piperazine rings is 1. The van der Waals surface area contributed by atoms with Crippen LogP contribution in [-0.4, -0.2) is 61.3 Å². The van der Waals surface area contributed by atoms with Crippen molar-refractivity contribution in [1.82, 2.24) is 9.80 Å². The van der Waals surface area contributed by atoms with Gasteiger partial charge in [0.25, 0.3) is 5.91 Å². The van der Waals surface area contributed by atoms with Crippen molar-refractivity contribution in [2.24, 2.45) is 0 Å². The Labute approximate surface area is 125 Å². The van der Waals surface area contributed by atoms with Gasteiger partial charge in [-0.05, 0) is 19.2 Å². The van der Waals surface area contributed by atoms with Crippen LogP contribution >= 0.6 is 0 Å². The number of benzene rings is 1. The van der Waals surface area contributed by atoms with Crippen LogP contribution in [0.15, 0.2) is 24.3 Å². The van der Waals surface area contributed by atoms with Crippen molar-refractivity contribution in [1.29, 1.82) is 0 Å². The minimum atomic E-state index is -0.0261. The van der Waals surface area contributed by atoms with Crippen molar-refractivity contribution < 1.29 is 14.3 Å². The lowest BCUT2D eigenvalue weighted by Gasteiger charge is -2.32. The van der Waals surface area contributed by atoms with E-state index in [9.17, 15) is 9.59 Å². The second-order valence-electron chi connectivity index (χ2n) is 5.25. The van der Waals surface area contributed by atoms with E-state index in [0.717, 1.165) is 26.2 Å². The fourth-order valence-electron chi connectivity index (χ4n) is 2.30. The third kappa shape index (κ3) is 4.04. The van der Waals surface area contributed by atoms with Gasteiger partial charge in [-0.1, -0.05) is 19.1 Å². The van der Waals surface area contributed by atoms with Crippen LogP contribution in [-0.2, 0) is 4.79 Å². The molecule has 114 valence electrons. The monoisotopic (exact) mass is 290 g/mol. The Morgan fingerprint density at radius 3 is 2.48 bits per heavy atom. The standard InChI is InChI=1S/C16H22N2O3/c1-3-14(19)13-6-4-5-7-15(13)21-12-16(20)18-10-8-17(2)9-11-18/h4-7H,3,8-12H2,1-2H3. The third-order valence-corrected chi connectivity index (χ3v) is 3.72. The first-order valence-corrected chi connectivity index (χ1v) is 7.33. The molecular weight excluding hydrogens is 268 g/mol. The largest absolute Gasteiger partial charge is 0.483 e. The first-order chi connectivity index (χ1) is 10.1. The van der Waals surface area contributed by atoms with Gasteiger partial charge in [0.15, 0.2) is 12.4 Å². The van der Waals surface area contributed by atoms with E-state index in [-0.39, 0.29) is 18.3 Å². The van der Waals surface area contributed by atoms with E-state index < -0.39 is 0 Å². The summed E-state index contributed by atoms with van der Waals surface area (Å²) >= 11 is 0. The number of ketones is 1. The second kappa shape index (κ2) is 7.22. The molecule has 0 saturated carbocycles. The molecule has 1 fully saturated rings. The average molecular weight is 290 g/mol.